The van der Waals surface area contributed by atoms with E-state index < -0.39 is 0 Å². The van der Waals surface area contributed by atoms with Crippen molar-refractivity contribution in [1.29, 1.82) is 0 Å². The number of piperazine rings is 1. The topological polar surface area (TPSA) is 47.9 Å². The SMILES string of the molecule is Cc1ccc(CN2CCN(CC(=O)N/N=C/c3ccccc3)CC2)cc1. The number of aryl methyl sites for hydroxylation is 1. The van der Waals surface area contributed by atoms with Gasteiger partial charge in [-0.1, -0.05) is 60.2 Å². The summed E-state index contributed by atoms with van der Waals surface area (Å²) in [6.45, 7) is 7.25. The Kier molecular flexibility index (Phi) is 6.52. The van der Waals surface area contributed by atoms with E-state index in [2.05, 4.69) is 51.5 Å². The number of carbonyl (C=O) groups excluding carboxylic acids is 1. The highest BCUT2D eigenvalue weighted by atomic mass is 16.2. The summed E-state index contributed by atoms with van der Waals surface area (Å²) >= 11 is 0. The first-order valence-corrected chi connectivity index (χ1v) is 9.06. The van der Waals surface area contributed by atoms with Gasteiger partial charge in [-0.15, -0.1) is 0 Å². The van der Waals surface area contributed by atoms with Crippen LogP contribution in [0, 0.1) is 6.92 Å². The average Bonchev–Trinajstić information content (AvgIpc) is 2.66. The number of hydrogen-bond donors (Lipinski definition) is 1. The third-order valence-electron chi connectivity index (χ3n) is 4.56. The smallest absolute Gasteiger partial charge is 0.254 e. The van der Waals surface area contributed by atoms with Crippen molar-refractivity contribution >= 4 is 12.1 Å². The molecule has 2 aromatic carbocycles. The minimum Gasteiger partial charge on any atom is -0.297 e. The van der Waals surface area contributed by atoms with Crippen molar-refractivity contribution in [1.82, 2.24) is 15.2 Å². The van der Waals surface area contributed by atoms with E-state index in [9.17, 15) is 4.79 Å². The molecule has 136 valence electrons. The van der Waals surface area contributed by atoms with Gasteiger partial charge in [0.1, 0.15) is 0 Å². The highest BCUT2D eigenvalue weighted by molar-refractivity contribution is 5.83. The number of hydrazone groups is 1. The van der Waals surface area contributed by atoms with E-state index in [1.165, 1.54) is 11.1 Å². The molecule has 0 saturated carbocycles. The number of carbonyl (C=O) groups is 1. The van der Waals surface area contributed by atoms with Gasteiger partial charge in [0.05, 0.1) is 12.8 Å². The Morgan fingerprint density at radius 2 is 1.65 bits per heavy atom. The van der Waals surface area contributed by atoms with Crippen LogP contribution in [0.4, 0.5) is 0 Å². The molecule has 1 amide bonds. The lowest BCUT2D eigenvalue weighted by Crippen LogP contribution is -2.48. The van der Waals surface area contributed by atoms with Gasteiger partial charge < -0.3 is 0 Å². The Hall–Kier alpha value is -2.50. The first-order chi connectivity index (χ1) is 12.7. The highest BCUT2D eigenvalue weighted by Gasteiger charge is 2.18. The third kappa shape index (κ3) is 5.79. The molecule has 5 nitrogen and oxygen atoms in total. The van der Waals surface area contributed by atoms with Gasteiger partial charge >= 0.3 is 0 Å². The minimum atomic E-state index is -0.0656. The summed E-state index contributed by atoms with van der Waals surface area (Å²) < 4.78 is 0. The van der Waals surface area contributed by atoms with Crippen LogP contribution in [0.25, 0.3) is 0 Å². The van der Waals surface area contributed by atoms with Crippen molar-refractivity contribution in [2.24, 2.45) is 5.10 Å². The van der Waals surface area contributed by atoms with Gasteiger partial charge in [-0.05, 0) is 18.1 Å². The van der Waals surface area contributed by atoms with Crippen LogP contribution in [-0.2, 0) is 11.3 Å². The summed E-state index contributed by atoms with van der Waals surface area (Å²) in [5, 5.41) is 4.02. The van der Waals surface area contributed by atoms with Gasteiger partial charge in [0.25, 0.3) is 5.91 Å². The highest BCUT2D eigenvalue weighted by Crippen LogP contribution is 2.09. The third-order valence-corrected chi connectivity index (χ3v) is 4.56. The van der Waals surface area contributed by atoms with Crippen LogP contribution < -0.4 is 5.43 Å². The summed E-state index contributed by atoms with van der Waals surface area (Å²) in [4.78, 5) is 16.6. The van der Waals surface area contributed by atoms with Gasteiger partial charge in [0.2, 0.25) is 0 Å². The van der Waals surface area contributed by atoms with Crippen molar-refractivity contribution in [3.63, 3.8) is 0 Å². The van der Waals surface area contributed by atoms with E-state index in [4.69, 9.17) is 0 Å². The Morgan fingerprint density at radius 1 is 1.00 bits per heavy atom. The molecule has 1 aliphatic heterocycles. The lowest BCUT2D eigenvalue weighted by Gasteiger charge is -2.34. The molecule has 0 bridgehead atoms. The summed E-state index contributed by atoms with van der Waals surface area (Å²) in [6, 6.07) is 18.4. The van der Waals surface area contributed by atoms with Gasteiger partial charge in [0, 0.05) is 32.7 Å². The van der Waals surface area contributed by atoms with Gasteiger partial charge in [0.15, 0.2) is 0 Å². The van der Waals surface area contributed by atoms with E-state index >= 15 is 0 Å². The largest absolute Gasteiger partial charge is 0.297 e. The second kappa shape index (κ2) is 9.27. The maximum atomic E-state index is 12.0. The fourth-order valence-electron chi connectivity index (χ4n) is 3.01. The standard InChI is InChI=1S/C21H26N4O/c1-18-7-9-20(10-8-18)16-24-11-13-25(14-12-24)17-21(26)23-22-15-19-5-3-2-4-6-19/h2-10,15H,11-14,16-17H2,1H3,(H,23,26)/b22-15+. The average molecular weight is 350 g/mol. The fourth-order valence-corrected chi connectivity index (χ4v) is 3.01. The number of nitrogens with zero attached hydrogens (tertiary/aromatic N) is 3. The quantitative estimate of drug-likeness (QED) is 0.642. The number of nitrogens with one attached hydrogen (secondary N) is 1. The molecule has 0 aromatic heterocycles. The van der Waals surface area contributed by atoms with Gasteiger partial charge in [-0.3, -0.25) is 14.6 Å². The molecule has 3 rings (SSSR count). The normalized spacial score (nSPS) is 16.0. The van der Waals surface area contributed by atoms with E-state index in [1.54, 1.807) is 6.21 Å². The molecule has 0 atom stereocenters. The summed E-state index contributed by atoms with van der Waals surface area (Å²) in [7, 11) is 0. The number of amides is 1. The van der Waals surface area contributed by atoms with Crippen LogP contribution >= 0.6 is 0 Å². The molecule has 0 aliphatic carbocycles. The zero-order valence-corrected chi connectivity index (χ0v) is 15.3. The van der Waals surface area contributed by atoms with Crippen LogP contribution in [0.5, 0.6) is 0 Å². The molecular weight excluding hydrogens is 324 g/mol. The monoisotopic (exact) mass is 350 g/mol. The van der Waals surface area contributed by atoms with E-state index in [0.29, 0.717) is 6.54 Å². The van der Waals surface area contributed by atoms with Crippen molar-refractivity contribution < 1.29 is 4.79 Å². The summed E-state index contributed by atoms with van der Waals surface area (Å²) in [5.41, 5.74) is 6.22. The van der Waals surface area contributed by atoms with Gasteiger partial charge in [-0.2, -0.15) is 5.10 Å². The van der Waals surface area contributed by atoms with Crippen molar-refractivity contribution in [3.8, 4) is 0 Å². The molecule has 0 spiro atoms. The van der Waals surface area contributed by atoms with Crippen molar-refractivity contribution in [3.05, 3.63) is 71.3 Å². The molecule has 1 saturated heterocycles. The van der Waals surface area contributed by atoms with Crippen LogP contribution in [0.2, 0.25) is 0 Å². The number of rotatable bonds is 6. The predicted octanol–water partition coefficient (Wildman–Crippen LogP) is 2.26. The molecule has 1 aliphatic rings. The Bertz CT molecular complexity index is 719. The predicted molar refractivity (Wildman–Crippen MR) is 105 cm³/mol. The molecule has 0 radical (unpaired) electrons. The minimum absolute atomic E-state index is 0.0656. The Morgan fingerprint density at radius 3 is 2.35 bits per heavy atom. The van der Waals surface area contributed by atoms with Crippen LogP contribution in [-0.4, -0.2) is 54.6 Å². The van der Waals surface area contributed by atoms with E-state index in [1.807, 2.05) is 30.3 Å². The first-order valence-electron chi connectivity index (χ1n) is 9.06. The van der Waals surface area contributed by atoms with Crippen molar-refractivity contribution in [2.45, 2.75) is 13.5 Å². The number of hydrogen-bond acceptors (Lipinski definition) is 4. The van der Waals surface area contributed by atoms with Crippen LogP contribution in [0.1, 0.15) is 16.7 Å². The van der Waals surface area contributed by atoms with Crippen LogP contribution in [0.3, 0.4) is 0 Å². The zero-order chi connectivity index (χ0) is 18.2. The second-order valence-corrected chi connectivity index (χ2v) is 6.74. The lowest BCUT2D eigenvalue weighted by molar-refractivity contribution is -0.122. The molecule has 1 fully saturated rings. The van der Waals surface area contributed by atoms with E-state index in [-0.39, 0.29) is 5.91 Å². The Labute approximate surface area is 155 Å². The molecule has 2 aromatic rings. The molecule has 1 N–H and O–H groups in total. The molecular formula is C21H26N4O. The molecule has 26 heavy (non-hydrogen) atoms. The molecule has 5 heteroatoms. The maximum absolute atomic E-state index is 12.0. The lowest BCUT2D eigenvalue weighted by atomic mass is 10.1. The van der Waals surface area contributed by atoms with E-state index in [0.717, 1.165) is 38.3 Å². The molecule has 1 heterocycles. The number of benzene rings is 2. The second-order valence-electron chi connectivity index (χ2n) is 6.74. The Balaban J connectivity index is 1.37. The first kappa shape index (κ1) is 18.3. The molecule has 0 unspecified atom stereocenters. The van der Waals surface area contributed by atoms with Gasteiger partial charge in [-0.25, -0.2) is 5.43 Å². The maximum Gasteiger partial charge on any atom is 0.254 e. The zero-order valence-electron chi connectivity index (χ0n) is 15.3. The summed E-state index contributed by atoms with van der Waals surface area (Å²) in [5.74, 6) is -0.0656. The van der Waals surface area contributed by atoms with Crippen molar-refractivity contribution in [2.75, 3.05) is 32.7 Å². The fraction of sp³-hybridized carbons (Fsp3) is 0.333. The summed E-state index contributed by atoms with van der Waals surface area (Å²) in [6.07, 6.45) is 1.66. The van der Waals surface area contributed by atoms with Crippen LogP contribution in [0.15, 0.2) is 59.7 Å².